The summed E-state index contributed by atoms with van der Waals surface area (Å²) < 4.78 is 6.04. The molecule has 0 amide bonds. The monoisotopic (exact) mass is 289 g/mol. The van der Waals surface area contributed by atoms with Gasteiger partial charge in [-0.2, -0.15) is 0 Å². The van der Waals surface area contributed by atoms with Crippen LogP contribution < -0.4 is 16.2 Å². The number of nitrogens with zero attached hydrogens (tertiary/aromatic N) is 1. The van der Waals surface area contributed by atoms with Crippen LogP contribution in [0, 0.1) is 5.92 Å². The molecule has 116 valence electrons. The number of rotatable bonds is 4. The molecule has 1 saturated carbocycles. The summed E-state index contributed by atoms with van der Waals surface area (Å²) in [6, 6.07) is 8.95. The molecule has 0 bridgehead atoms. The van der Waals surface area contributed by atoms with Gasteiger partial charge in [0, 0.05) is 32.4 Å². The quantitative estimate of drug-likeness (QED) is 0.661. The first-order chi connectivity index (χ1) is 10.1. The lowest BCUT2D eigenvalue weighted by Gasteiger charge is -2.48. The highest BCUT2D eigenvalue weighted by Gasteiger charge is 2.44. The molecule has 2 aliphatic rings. The SMILES string of the molecule is CN(C)c1ccc(C(NN)C2CCOC3(CCC3)C2)cc1. The van der Waals surface area contributed by atoms with E-state index in [1.807, 2.05) is 0 Å². The third-order valence-corrected chi connectivity index (χ3v) is 5.22. The van der Waals surface area contributed by atoms with E-state index >= 15 is 0 Å². The predicted octanol–water partition coefficient (Wildman–Crippen LogP) is 2.61. The van der Waals surface area contributed by atoms with Gasteiger partial charge in [0.05, 0.1) is 5.60 Å². The minimum atomic E-state index is 0.168. The molecule has 1 aliphatic heterocycles. The molecule has 1 aromatic carbocycles. The van der Waals surface area contributed by atoms with E-state index in [4.69, 9.17) is 10.6 Å². The first kappa shape index (κ1) is 14.8. The van der Waals surface area contributed by atoms with Crippen LogP contribution in [0.1, 0.15) is 43.7 Å². The van der Waals surface area contributed by atoms with Gasteiger partial charge in [-0.15, -0.1) is 0 Å². The standard InChI is InChI=1S/C17H27N3O/c1-20(2)15-6-4-13(5-7-15)16(19-18)14-8-11-21-17(12-14)9-3-10-17/h4-7,14,16,19H,3,8-12,18H2,1-2H3. The third kappa shape index (κ3) is 2.93. The van der Waals surface area contributed by atoms with Crippen molar-refractivity contribution in [3.8, 4) is 0 Å². The van der Waals surface area contributed by atoms with Gasteiger partial charge in [0.2, 0.25) is 0 Å². The number of anilines is 1. The Morgan fingerprint density at radius 2 is 2.00 bits per heavy atom. The Morgan fingerprint density at radius 1 is 1.29 bits per heavy atom. The van der Waals surface area contributed by atoms with Crippen LogP contribution in [-0.4, -0.2) is 26.3 Å². The number of ether oxygens (including phenoxy) is 1. The predicted molar refractivity (Wildman–Crippen MR) is 86.1 cm³/mol. The van der Waals surface area contributed by atoms with E-state index in [1.165, 1.54) is 30.5 Å². The third-order valence-electron chi connectivity index (χ3n) is 5.22. The Kier molecular flexibility index (Phi) is 4.20. The molecule has 2 fully saturated rings. The van der Waals surface area contributed by atoms with Crippen LogP contribution in [0.2, 0.25) is 0 Å². The highest BCUT2D eigenvalue weighted by Crippen LogP contribution is 2.47. The summed E-state index contributed by atoms with van der Waals surface area (Å²) in [5, 5.41) is 0. The van der Waals surface area contributed by atoms with E-state index in [-0.39, 0.29) is 11.6 Å². The molecule has 4 heteroatoms. The minimum absolute atomic E-state index is 0.168. The molecule has 0 aromatic heterocycles. The molecule has 2 atom stereocenters. The number of nitrogens with one attached hydrogen (secondary N) is 1. The fraction of sp³-hybridized carbons (Fsp3) is 0.647. The van der Waals surface area contributed by atoms with Crippen molar-refractivity contribution in [1.82, 2.24) is 5.43 Å². The average molecular weight is 289 g/mol. The molecule has 1 aromatic rings. The molecule has 4 nitrogen and oxygen atoms in total. The molecule has 1 heterocycles. The van der Waals surface area contributed by atoms with Crippen LogP contribution >= 0.6 is 0 Å². The van der Waals surface area contributed by atoms with Crippen molar-refractivity contribution in [3.05, 3.63) is 29.8 Å². The van der Waals surface area contributed by atoms with Crippen molar-refractivity contribution < 1.29 is 4.74 Å². The van der Waals surface area contributed by atoms with Gasteiger partial charge in [0.15, 0.2) is 0 Å². The summed E-state index contributed by atoms with van der Waals surface area (Å²) in [7, 11) is 4.12. The number of hydrazine groups is 1. The van der Waals surface area contributed by atoms with Crippen molar-refractivity contribution in [2.45, 2.75) is 43.7 Å². The van der Waals surface area contributed by atoms with Gasteiger partial charge < -0.3 is 9.64 Å². The van der Waals surface area contributed by atoms with E-state index in [9.17, 15) is 0 Å². The normalized spacial score (nSPS) is 25.4. The molecule has 3 N–H and O–H groups in total. The highest BCUT2D eigenvalue weighted by molar-refractivity contribution is 5.46. The fourth-order valence-corrected chi connectivity index (χ4v) is 3.75. The lowest BCUT2D eigenvalue weighted by molar-refractivity contribution is -0.147. The minimum Gasteiger partial charge on any atom is -0.378 e. The van der Waals surface area contributed by atoms with E-state index < -0.39 is 0 Å². The Morgan fingerprint density at radius 3 is 2.52 bits per heavy atom. The molecule has 1 saturated heterocycles. The lowest BCUT2D eigenvalue weighted by atomic mass is 9.70. The second-order valence-corrected chi connectivity index (χ2v) is 6.77. The van der Waals surface area contributed by atoms with Crippen LogP contribution in [0.15, 0.2) is 24.3 Å². The molecule has 3 rings (SSSR count). The van der Waals surface area contributed by atoms with Crippen molar-refractivity contribution in [2.75, 3.05) is 25.6 Å². The number of hydrogen-bond acceptors (Lipinski definition) is 4. The van der Waals surface area contributed by atoms with Gasteiger partial charge in [-0.1, -0.05) is 12.1 Å². The summed E-state index contributed by atoms with van der Waals surface area (Å²) in [4.78, 5) is 2.12. The summed E-state index contributed by atoms with van der Waals surface area (Å²) in [5.74, 6) is 6.44. The van der Waals surface area contributed by atoms with E-state index in [0.29, 0.717) is 5.92 Å². The fourth-order valence-electron chi connectivity index (χ4n) is 3.75. The van der Waals surface area contributed by atoms with Crippen molar-refractivity contribution in [1.29, 1.82) is 0 Å². The van der Waals surface area contributed by atoms with Crippen LogP contribution in [0.25, 0.3) is 0 Å². The van der Waals surface area contributed by atoms with E-state index in [1.54, 1.807) is 0 Å². The molecule has 2 unspecified atom stereocenters. The molecule has 1 spiro atoms. The summed E-state index contributed by atoms with van der Waals surface area (Å²) in [6.45, 7) is 0.874. The van der Waals surface area contributed by atoms with Gasteiger partial charge in [-0.25, -0.2) is 0 Å². The van der Waals surface area contributed by atoms with Crippen LogP contribution in [0.4, 0.5) is 5.69 Å². The Labute approximate surface area is 127 Å². The maximum absolute atomic E-state index is 6.04. The average Bonchev–Trinajstić information content (AvgIpc) is 2.47. The lowest BCUT2D eigenvalue weighted by Crippen LogP contribution is -2.48. The summed E-state index contributed by atoms with van der Waals surface area (Å²) in [6.07, 6.45) is 5.98. The first-order valence-corrected chi connectivity index (χ1v) is 8.01. The second-order valence-electron chi connectivity index (χ2n) is 6.77. The Hall–Kier alpha value is -1.10. The maximum Gasteiger partial charge on any atom is 0.0686 e. The van der Waals surface area contributed by atoms with Gasteiger partial charge in [0.25, 0.3) is 0 Å². The number of benzene rings is 1. The molecule has 1 aliphatic carbocycles. The molecule has 21 heavy (non-hydrogen) atoms. The van der Waals surface area contributed by atoms with Crippen molar-refractivity contribution >= 4 is 5.69 Å². The topological polar surface area (TPSA) is 50.5 Å². The first-order valence-electron chi connectivity index (χ1n) is 8.01. The Balaban J connectivity index is 1.74. The zero-order valence-corrected chi connectivity index (χ0v) is 13.1. The van der Waals surface area contributed by atoms with Gasteiger partial charge in [-0.05, 0) is 55.7 Å². The Bertz CT molecular complexity index is 467. The van der Waals surface area contributed by atoms with Gasteiger partial charge >= 0.3 is 0 Å². The second kappa shape index (κ2) is 5.95. The van der Waals surface area contributed by atoms with Gasteiger partial charge in [-0.3, -0.25) is 11.3 Å². The number of nitrogens with two attached hydrogens (primary N) is 1. The molecular weight excluding hydrogens is 262 g/mol. The molecule has 0 radical (unpaired) electrons. The zero-order chi connectivity index (χ0) is 14.9. The zero-order valence-electron chi connectivity index (χ0n) is 13.1. The van der Waals surface area contributed by atoms with E-state index in [2.05, 4.69) is 48.7 Å². The largest absolute Gasteiger partial charge is 0.378 e. The highest BCUT2D eigenvalue weighted by atomic mass is 16.5. The summed E-state index contributed by atoms with van der Waals surface area (Å²) >= 11 is 0. The maximum atomic E-state index is 6.04. The van der Waals surface area contributed by atoms with Gasteiger partial charge in [0.1, 0.15) is 0 Å². The van der Waals surface area contributed by atoms with Crippen LogP contribution in [0.3, 0.4) is 0 Å². The van der Waals surface area contributed by atoms with E-state index in [0.717, 1.165) is 19.4 Å². The summed E-state index contributed by atoms with van der Waals surface area (Å²) in [5.41, 5.74) is 5.72. The smallest absolute Gasteiger partial charge is 0.0686 e. The van der Waals surface area contributed by atoms with Crippen LogP contribution in [0.5, 0.6) is 0 Å². The van der Waals surface area contributed by atoms with Crippen molar-refractivity contribution in [3.63, 3.8) is 0 Å². The molecular formula is C17H27N3O. The van der Waals surface area contributed by atoms with Crippen molar-refractivity contribution in [2.24, 2.45) is 11.8 Å². The van der Waals surface area contributed by atoms with Crippen LogP contribution in [-0.2, 0) is 4.74 Å². The number of hydrogen-bond donors (Lipinski definition) is 2.